The maximum Gasteiger partial charge on any atom is 0.490 e. The van der Waals surface area contributed by atoms with Gasteiger partial charge in [-0.15, -0.1) is 0 Å². The summed E-state index contributed by atoms with van der Waals surface area (Å²) >= 11 is 0. The number of esters is 1. The zero-order valence-corrected chi connectivity index (χ0v) is 15.2. The van der Waals surface area contributed by atoms with Crippen LogP contribution >= 0.6 is 0 Å². The van der Waals surface area contributed by atoms with Crippen LogP contribution in [0.15, 0.2) is 48.7 Å². The molecule has 0 N–H and O–H groups in total. The minimum Gasteiger partial charge on any atom is -0.445 e. The predicted molar refractivity (Wildman–Crippen MR) is 95.9 cm³/mol. The van der Waals surface area contributed by atoms with Crippen LogP contribution in [0.2, 0.25) is 0 Å². The van der Waals surface area contributed by atoms with Crippen LogP contribution in [0.5, 0.6) is 0 Å². The van der Waals surface area contributed by atoms with Gasteiger partial charge < -0.3 is 4.74 Å². The molecule has 1 unspecified atom stereocenters. The zero-order valence-electron chi connectivity index (χ0n) is 15.2. The third-order valence-corrected chi connectivity index (χ3v) is 4.21. The smallest absolute Gasteiger partial charge is 0.445 e. The van der Waals surface area contributed by atoms with Crippen LogP contribution < -0.4 is 0 Å². The average molecular weight is 422 g/mol. The van der Waals surface area contributed by atoms with E-state index < -0.39 is 36.5 Å². The molecule has 2 aromatic rings. The van der Waals surface area contributed by atoms with Crippen molar-refractivity contribution in [2.75, 3.05) is 6.54 Å². The van der Waals surface area contributed by atoms with Crippen molar-refractivity contribution in [3.05, 3.63) is 60.1 Å². The number of aromatic nitrogens is 1. The van der Waals surface area contributed by atoms with Crippen molar-refractivity contribution in [2.24, 2.45) is 0 Å². The lowest BCUT2D eigenvalue weighted by atomic mass is 10.1. The van der Waals surface area contributed by atoms with Gasteiger partial charge in [-0.1, -0.05) is 18.2 Å². The molecule has 30 heavy (non-hydrogen) atoms. The molecule has 2 amide bonds. The lowest BCUT2D eigenvalue weighted by Crippen LogP contribution is -2.36. The third kappa shape index (κ3) is 4.88. The van der Waals surface area contributed by atoms with Crippen LogP contribution in [-0.2, 0) is 19.1 Å². The Morgan fingerprint density at radius 2 is 1.87 bits per heavy atom. The van der Waals surface area contributed by atoms with Crippen molar-refractivity contribution < 1.29 is 36.7 Å². The van der Waals surface area contributed by atoms with Gasteiger partial charge in [0.1, 0.15) is 5.82 Å². The molecule has 0 spiro atoms. The van der Waals surface area contributed by atoms with E-state index in [2.05, 4.69) is 9.72 Å². The minimum absolute atomic E-state index is 0.197. The number of ether oxygens (including phenoxy) is 1. The van der Waals surface area contributed by atoms with Crippen molar-refractivity contribution >= 4 is 23.9 Å². The van der Waals surface area contributed by atoms with E-state index in [1.165, 1.54) is 24.4 Å². The molecule has 0 bridgehead atoms. The monoisotopic (exact) mass is 422 g/mol. The van der Waals surface area contributed by atoms with Crippen molar-refractivity contribution in [1.82, 2.24) is 9.88 Å². The SMILES string of the molecule is O=C1CC(OC(=O)C(F)(F)F)C(=O)N1C/C=C/c1ccc(-c2ccc(F)cc2)nc1. The molecule has 2 heterocycles. The highest BCUT2D eigenvalue weighted by atomic mass is 19.4. The largest absolute Gasteiger partial charge is 0.490 e. The van der Waals surface area contributed by atoms with Crippen LogP contribution in [-0.4, -0.2) is 46.5 Å². The zero-order chi connectivity index (χ0) is 21.9. The first-order valence-electron chi connectivity index (χ1n) is 8.65. The fourth-order valence-corrected chi connectivity index (χ4v) is 2.72. The van der Waals surface area contributed by atoms with Gasteiger partial charge in [-0.3, -0.25) is 19.5 Å². The van der Waals surface area contributed by atoms with Gasteiger partial charge in [0.2, 0.25) is 5.91 Å². The van der Waals surface area contributed by atoms with E-state index in [0.29, 0.717) is 16.2 Å². The highest BCUT2D eigenvalue weighted by molar-refractivity contribution is 6.06. The number of nitrogens with zero attached hydrogens (tertiary/aromatic N) is 2. The molecule has 0 radical (unpaired) electrons. The molecule has 1 aliphatic rings. The van der Waals surface area contributed by atoms with E-state index >= 15 is 0 Å². The molecule has 0 saturated carbocycles. The van der Waals surface area contributed by atoms with Crippen LogP contribution in [0.25, 0.3) is 17.3 Å². The van der Waals surface area contributed by atoms with E-state index in [1.54, 1.807) is 30.3 Å². The number of hydrogen-bond acceptors (Lipinski definition) is 5. The summed E-state index contributed by atoms with van der Waals surface area (Å²) in [6, 6.07) is 9.21. The maximum absolute atomic E-state index is 13.0. The van der Waals surface area contributed by atoms with Crippen LogP contribution in [0, 0.1) is 5.82 Å². The normalized spacial score (nSPS) is 17.1. The number of rotatable bonds is 5. The molecular weight excluding hydrogens is 408 g/mol. The Labute approximate surface area is 167 Å². The highest BCUT2D eigenvalue weighted by Gasteiger charge is 2.47. The van der Waals surface area contributed by atoms with Gasteiger partial charge >= 0.3 is 12.1 Å². The van der Waals surface area contributed by atoms with Crippen LogP contribution in [0.1, 0.15) is 12.0 Å². The third-order valence-electron chi connectivity index (χ3n) is 4.21. The van der Waals surface area contributed by atoms with Crippen molar-refractivity contribution in [2.45, 2.75) is 18.7 Å². The Kier molecular flexibility index (Phi) is 5.95. The second kappa shape index (κ2) is 8.44. The Morgan fingerprint density at radius 1 is 1.17 bits per heavy atom. The summed E-state index contributed by atoms with van der Waals surface area (Å²) in [5.74, 6) is -4.63. The van der Waals surface area contributed by atoms with Gasteiger partial charge in [-0.25, -0.2) is 9.18 Å². The van der Waals surface area contributed by atoms with Crippen molar-refractivity contribution in [1.29, 1.82) is 0 Å². The van der Waals surface area contributed by atoms with Crippen molar-refractivity contribution in [3.8, 4) is 11.3 Å². The number of hydrogen-bond donors (Lipinski definition) is 0. The number of imide groups is 1. The first kappa shape index (κ1) is 21.2. The van der Waals surface area contributed by atoms with E-state index in [4.69, 9.17) is 0 Å². The Hall–Kier alpha value is -3.56. The Balaban J connectivity index is 1.59. The molecule has 3 rings (SSSR count). The highest BCUT2D eigenvalue weighted by Crippen LogP contribution is 2.23. The molecule has 156 valence electrons. The van der Waals surface area contributed by atoms with E-state index in [0.717, 1.165) is 5.56 Å². The Morgan fingerprint density at radius 3 is 2.47 bits per heavy atom. The minimum atomic E-state index is -5.25. The number of carbonyl (C=O) groups excluding carboxylic acids is 3. The fraction of sp³-hybridized carbons (Fsp3) is 0.200. The second-order valence-electron chi connectivity index (χ2n) is 6.32. The first-order valence-corrected chi connectivity index (χ1v) is 8.65. The summed E-state index contributed by atoms with van der Waals surface area (Å²) in [5.41, 5.74) is 1.98. The molecule has 1 atom stereocenters. The molecule has 1 aromatic heterocycles. The quantitative estimate of drug-likeness (QED) is 0.421. The predicted octanol–water partition coefficient (Wildman–Crippen LogP) is 3.13. The van der Waals surface area contributed by atoms with Gasteiger partial charge in [-0.05, 0) is 35.9 Å². The maximum atomic E-state index is 13.0. The molecule has 6 nitrogen and oxygen atoms in total. The lowest BCUT2D eigenvalue weighted by molar-refractivity contribution is -0.204. The molecule has 1 fully saturated rings. The fourth-order valence-electron chi connectivity index (χ4n) is 2.72. The van der Waals surface area contributed by atoms with E-state index in [9.17, 15) is 31.9 Å². The molecule has 10 heteroatoms. The first-order chi connectivity index (χ1) is 14.1. The molecular formula is C20H14F4N2O4. The number of pyridine rings is 1. The summed E-state index contributed by atoms with van der Waals surface area (Å²) in [6.45, 7) is -0.197. The second-order valence-corrected chi connectivity index (χ2v) is 6.32. The van der Waals surface area contributed by atoms with Crippen molar-refractivity contribution in [3.63, 3.8) is 0 Å². The Bertz CT molecular complexity index is 985. The summed E-state index contributed by atoms with van der Waals surface area (Å²) < 4.78 is 53.8. The van der Waals surface area contributed by atoms with Gasteiger partial charge in [-0.2, -0.15) is 13.2 Å². The topological polar surface area (TPSA) is 76.6 Å². The van der Waals surface area contributed by atoms with Gasteiger partial charge in [0, 0.05) is 18.3 Å². The molecule has 1 aromatic carbocycles. The van der Waals surface area contributed by atoms with Gasteiger partial charge in [0.25, 0.3) is 5.91 Å². The molecule has 1 saturated heterocycles. The number of carbonyl (C=O) groups is 3. The summed E-state index contributed by atoms with van der Waals surface area (Å²) in [7, 11) is 0. The summed E-state index contributed by atoms with van der Waals surface area (Å²) in [5, 5.41) is 0. The van der Waals surface area contributed by atoms with E-state index in [-0.39, 0.29) is 12.4 Å². The van der Waals surface area contributed by atoms with Crippen LogP contribution in [0.3, 0.4) is 0 Å². The van der Waals surface area contributed by atoms with Gasteiger partial charge in [0.15, 0.2) is 6.10 Å². The van der Waals surface area contributed by atoms with E-state index in [1.807, 2.05) is 0 Å². The average Bonchev–Trinajstić information content (AvgIpc) is 2.96. The number of benzene rings is 1. The summed E-state index contributed by atoms with van der Waals surface area (Å²) in [4.78, 5) is 39.7. The number of likely N-dealkylation sites (tertiary alicyclic amines) is 1. The lowest BCUT2D eigenvalue weighted by Gasteiger charge is -2.13. The number of alkyl halides is 3. The standard InChI is InChI=1S/C20H14F4N2O4/c21-14-6-4-13(5-7-14)15-8-3-12(11-25-15)2-1-9-26-17(27)10-16(18(26)28)30-19(29)20(22,23)24/h1-8,11,16H,9-10H2/b2-1+. The van der Waals surface area contributed by atoms with Crippen LogP contribution in [0.4, 0.5) is 17.6 Å². The molecule has 0 aliphatic carbocycles. The number of halogens is 4. The number of amides is 2. The summed E-state index contributed by atoms with van der Waals surface area (Å²) in [6.07, 6.45) is -3.12. The van der Waals surface area contributed by atoms with Gasteiger partial charge in [0.05, 0.1) is 12.1 Å². The molecule has 1 aliphatic heterocycles.